The summed E-state index contributed by atoms with van der Waals surface area (Å²) >= 11 is 0. The molecular weight excluding hydrogens is 468 g/mol. The van der Waals surface area contributed by atoms with E-state index in [1.807, 2.05) is 30.3 Å². The predicted octanol–water partition coefficient (Wildman–Crippen LogP) is 6.39. The molecule has 0 aromatic heterocycles. The van der Waals surface area contributed by atoms with Crippen LogP contribution in [0.5, 0.6) is 17.2 Å². The first-order valence-corrected chi connectivity index (χ1v) is 12.9. The van der Waals surface area contributed by atoms with Crippen molar-refractivity contribution in [1.29, 1.82) is 0 Å². The Bertz CT molecular complexity index is 1380. The van der Waals surface area contributed by atoms with Crippen molar-refractivity contribution in [2.24, 2.45) is 16.7 Å². The number of aromatic hydroxyl groups is 1. The topological polar surface area (TPSA) is 89.9 Å². The van der Waals surface area contributed by atoms with Crippen molar-refractivity contribution in [2.75, 3.05) is 0 Å². The van der Waals surface area contributed by atoms with Gasteiger partial charge in [-0.05, 0) is 52.5 Å². The second-order valence-electron chi connectivity index (χ2n) is 12.0. The quantitative estimate of drug-likeness (QED) is 0.489. The summed E-state index contributed by atoms with van der Waals surface area (Å²) in [4.78, 5) is 40.8. The average molecular weight is 503 g/mol. The van der Waals surface area contributed by atoms with E-state index < -0.39 is 22.9 Å². The third kappa shape index (κ3) is 3.56. The minimum atomic E-state index is -1.21. The fraction of sp³-hybridized carbons (Fsp3) is 0.452. The summed E-state index contributed by atoms with van der Waals surface area (Å²) in [5.74, 6) is -0.129. The zero-order valence-electron chi connectivity index (χ0n) is 22.5. The number of ketones is 3. The van der Waals surface area contributed by atoms with Gasteiger partial charge in [-0.3, -0.25) is 14.4 Å². The van der Waals surface area contributed by atoms with E-state index in [9.17, 15) is 19.5 Å². The Morgan fingerprint density at radius 2 is 1.65 bits per heavy atom. The maximum atomic E-state index is 13.9. The smallest absolute Gasteiger partial charge is 0.175 e. The molecule has 6 nitrogen and oxygen atoms in total. The van der Waals surface area contributed by atoms with Crippen molar-refractivity contribution >= 4 is 17.3 Å². The Morgan fingerprint density at radius 1 is 1.00 bits per heavy atom. The van der Waals surface area contributed by atoms with Gasteiger partial charge in [-0.15, -0.1) is 0 Å². The van der Waals surface area contributed by atoms with E-state index in [0.717, 1.165) is 5.56 Å². The van der Waals surface area contributed by atoms with E-state index in [1.54, 1.807) is 34.6 Å². The van der Waals surface area contributed by atoms with Crippen LogP contribution in [0.4, 0.5) is 0 Å². The second-order valence-corrected chi connectivity index (χ2v) is 12.0. The molecule has 2 aromatic rings. The van der Waals surface area contributed by atoms with Gasteiger partial charge in [0.2, 0.25) is 0 Å². The summed E-state index contributed by atoms with van der Waals surface area (Å²) in [6.07, 6.45) is 0.157. The first kappa shape index (κ1) is 25.2. The lowest BCUT2D eigenvalue weighted by Crippen LogP contribution is -2.51. The van der Waals surface area contributed by atoms with Crippen molar-refractivity contribution in [3.8, 4) is 17.2 Å². The Balaban J connectivity index is 1.80. The van der Waals surface area contributed by atoms with Crippen LogP contribution >= 0.6 is 0 Å². The van der Waals surface area contributed by atoms with E-state index in [-0.39, 0.29) is 46.8 Å². The van der Waals surface area contributed by atoms with E-state index in [4.69, 9.17) is 9.47 Å². The zero-order valence-corrected chi connectivity index (χ0v) is 22.5. The summed E-state index contributed by atoms with van der Waals surface area (Å²) < 4.78 is 13.0. The molecule has 5 rings (SSSR count). The molecular formula is C31H34O6. The first-order valence-electron chi connectivity index (χ1n) is 12.9. The standard InChI is InChI=1S/C31H34O6/c1-15(2)13-18-21-25(37-28-22(18)27(34)30(4,5)29(35)31(28,6)7)16(3)24(33)23-19(32)14-20(36-26(21)23)17-11-9-8-10-12-17/h8-12,15,18,20,33H,13-14H2,1-7H3/t18-,20-/m0/s1. The number of carbonyl (C=O) groups excluding carboxylic acids is 3. The molecule has 0 spiro atoms. The number of allylic oxidation sites excluding steroid dienone is 2. The van der Waals surface area contributed by atoms with E-state index >= 15 is 0 Å². The Labute approximate surface area is 217 Å². The fourth-order valence-electron chi connectivity index (χ4n) is 6.20. The number of hydrogen-bond donors (Lipinski definition) is 1. The summed E-state index contributed by atoms with van der Waals surface area (Å²) in [6.45, 7) is 12.8. The van der Waals surface area contributed by atoms with E-state index in [0.29, 0.717) is 34.6 Å². The molecule has 0 bridgehead atoms. The minimum Gasteiger partial charge on any atom is -0.507 e. The van der Waals surface area contributed by atoms with Crippen LogP contribution in [0, 0.1) is 23.7 Å². The molecule has 0 radical (unpaired) electrons. The lowest BCUT2D eigenvalue weighted by Gasteiger charge is -2.46. The maximum Gasteiger partial charge on any atom is 0.175 e. The van der Waals surface area contributed by atoms with Crippen molar-refractivity contribution in [2.45, 2.75) is 73.3 Å². The number of ether oxygens (including phenoxy) is 2. The number of rotatable bonds is 3. The third-order valence-corrected chi connectivity index (χ3v) is 8.10. The number of hydrogen-bond acceptors (Lipinski definition) is 6. The molecule has 0 saturated carbocycles. The maximum absolute atomic E-state index is 13.9. The van der Waals surface area contributed by atoms with Crippen LogP contribution in [0.25, 0.3) is 0 Å². The van der Waals surface area contributed by atoms with Crippen LogP contribution in [0.2, 0.25) is 0 Å². The van der Waals surface area contributed by atoms with Crippen molar-refractivity contribution in [1.82, 2.24) is 0 Å². The zero-order chi connectivity index (χ0) is 27.0. The van der Waals surface area contributed by atoms with Crippen molar-refractivity contribution in [3.63, 3.8) is 0 Å². The molecule has 2 heterocycles. The van der Waals surface area contributed by atoms with Gasteiger partial charge < -0.3 is 14.6 Å². The van der Waals surface area contributed by atoms with E-state index in [2.05, 4.69) is 13.8 Å². The van der Waals surface area contributed by atoms with Crippen LogP contribution in [-0.4, -0.2) is 22.5 Å². The normalized spacial score (nSPS) is 23.7. The Morgan fingerprint density at radius 3 is 2.27 bits per heavy atom. The van der Waals surface area contributed by atoms with Crippen molar-refractivity contribution < 1.29 is 29.0 Å². The fourth-order valence-corrected chi connectivity index (χ4v) is 6.20. The summed E-state index contributed by atoms with van der Waals surface area (Å²) in [5.41, 5.74) is 0.234. The molecule has 0 saturated heterocycles. The van der Waals surface area contributed by atoms with Crippen molar-refractivity contribution in [3.05, 3.63) is 63.9 Å². The highest BCUT2D eigenvalue weighted by Crippen LogP contribution is 2.60. The highest BCUT2D eigenvalue weighted by Gasteiger charge is 2.58. The number of benzene rings is 2. The van der Waals surface area contributed by atoms with Crippen LogP contribution in [0.3, 0.4) is 0 Å². The molecule has 0 amide bonds. The Kier molecular flexibility index (Phi) is 5.67. The van der Waals surface area contributed by atoms with Gasteiger partial charge in [-0.2, -0.15) is 0 Å². The molecule has 2 aliphatic heterocycles. The van der Waals surface area contributed by atoms with Crippen LogP contribution in [0.15, 0.2) is 41.7 Å². The highest BCUT2D eigenvalue weighted by atomic mass is 16.5. The minimum absolute atomic E-state index is 0.0972. The second kappa shape index (κ2) is 8.30. The highest BCUT2D eigenvalue weighted by molar-refractivity contribution is 6.20. The molecule has 0 fully saturated rings. The molecule has 2 aromatic carbocycles. The van der Waals surface area contributed by atoms with Gasteiger partial charge in [0.25, 0.3) is 0 Å². The molecule has 37 heavy (non-hydrogen) atoms. The van der Waals surface area contributed by atoms with Crippen LogP contribution in [-0.2, 0) is 9.59 Å². The predicted molar refractivity (Wildman–Crippen MR) is 139 cm³/mol. The summed E-state index contributed by atoms with van der Waals surface area (Å²) in [6, 6.07) is 9.51. The molecule has 2 atom stereocenters. The van der Waals surface area contributed by atoms with Gasteiger partial charge in [-0.1, -0.05) is 44.2 Å². The summed E-state index contributed by atoms with van der Waals surface area (Å²) in [5, 5.41) is 11.2. The van der Waals surface area contributed by atoms with Gasteiger partial charge in [0, 0.05) is 22.6 Å². The lowest BCUT2D eigenvalue weighted by atomic mass is 9.59. The molecule has 1 N–H and O–H groups in total. The van der Waals surface area contributed by atoms with Crippen LogP contribution in [0.1, 0.15) is 93.5 Å². The molecule has 6 heteroatoms. The number of phenolic OH excluding ortho intramolecular Hbond substituents is 1. The van der Waals surface area contributed by atoms with Gasteiger partial charge in [0.15, 0.2) is 17.3 Å². The van der Waals surface area contributed by atoms with Gasteiger partial charge >= 0.3 is 0 Å². The molecule has 1 aliphatic carbocycles. The van der Waals surface area contributed by atoms with Gasteiger partial charge in [-0.25, -0.2) is 0 Å². The van der Waals surface area contributed by atoms with Gasteiger partial charge in [0.05, 0.1) is 17.3 Å². The number of carbonyl (C=O) groups is 3. The number of phenols is 1. The number of Topliss-reactive ketones (excluding diaryl/α,β-unsaturated/α-hetero) is 3. The van der Waals surface area contributed by atoms with E-state index in [1.165, 1.54) is 0 Å². The monoisotopic (exact) mass is 502 g/mol. The molecule has 194 valence electrons. The number of fused-ring (bicyclic) bond motifs is 3. The van der Waals surface area contributed by atoms with Crippen LogP contribution < -0.4 is 9.47 Å². The Hall–Kier alpha value is -3.41. The SMILES string of the molecule is Cc1c(O)c2c(c3c1OC1=C(C(=O)C(C)(C)C(=O)C1(C)C)[C@H]3CC(C)C)O[C@H](c1ccccc1)CC2=O. The first-order chi connectivity index (χ1) is 17.3. The third-order valence-electron chi connectivity index (χ3n) is 8.10. The summed E-state index contributed by atoms with van der Waals surface area (Å²) in [7, 11) is 0. The van der Waals surface area contributed by atoms with Gasteiger partial charge in [0.1, 0.15) is 34.7 Å². The molecule has 3 aliphatic rings. The lowest BCUT2D eigenvalue weighted by molar-refractivity contribution is -0.144. The average Bonchev–Trinajstić information content (AvgIpc) is 2.84. The molecule has 0 unspecified atom stereocenters. The largest absolute Gasteiger partial charge is 0.507 e.